The van der Waals surface area contributed by atoms with E-state index in [1.54, 1.807) is 0 Å². The van der Waals surface area contributed by atoms with Crippen molar-refractivity contribution in [3.05, 3.63) is 12.2 Å². The van der Waals surface area contributed by atoms with Gasteiger partial charge in [-0.2, -0.15) is 0 Å². The Balaban J connectivity index is 2.40. The fourth-order valence-electron chi connectivity index (χ4n) is 0.994. The highest BCUT2D eigenvalue weighted by atomic mass is 16.5. The molecule has 1 aliphatic heterocycles. The van der Waals surface area contributed by atoms with Gasteiger partial charge < -0.3 is 15.2 Å². The molecule has 1 fully saturated rings. The summed E-state index contributed by atoms with van der Waals surface area (Å²) < 4.78 is 4.60. The third kappa shape index (κ3) is 2.89. The van der Waals surface area contributed by atoms with Gasteiger partial charge in [-0.25, -0.2) is 9.59 Å². The van der Waals surface area contributed by atoms with E-state index < -0.39 is 23.9 Å². The van der Waals surface area contributed by atoms with Crippen LogP contribution in [0.4, 0.5) is 0 Å². The van der Waals surface area contributed by atoms with E-state index in [-0.39, 0.29) is 6.61 Å². The number of ether oxygens (including phenoxy) is 1. The number of esters is 1. The van der Waals surface area contributed by atoms with Gasteiger partial charge in [0.15, 0.2) is 0 Å². The van der Waals surface area contributed by atoms with Gasteiger partial charge in [-0.1, -0.05) is 0 Å². The predicted octanol–water partition coefficient (Wildman–Crippen LogP) is -0.941. The minimum Gasteiger partial charge on any atom is -0.478 e. The Morgan fingerprint density at radius 3 is 2.71 bits per heavy atom. The van der Waals surface area contributed by atoms with Crippen LogP contribution in [0, 0.1) is 0 Å². The molecule has 76 valence electrons. The number of nitrogens with one attached hydrogen (secondary N) is 1. The van der Waals surface area contributed by atoms with E-state index in [4.69, 9.17) is 5.11 Å². The molecule has 1 rings (SSSR count). The van der Waals surface area contributed by atoms with Gasteiger partial charge in [0.1, 0.15) is 6.04 Å². The summed E-state index contributed by atoms with van der Waals surface area (Å²) in [5.74, 6) is -2.31. The van der Waals surface area contributed by atoms with Crippen molar-refractivity contribution in [2.45, 2.75) is 12.5 Å². The van der Waals surface area contributed by atoms with Crippen molar-refractivity contribution in [3.63, 3.8) is 0 Å². The molecule has 0 radical (unpaired) electrons. The number of carboxylic acid groups (broad SMARTS) is 1. The molecule has 6 heteroatoms. The van der Waals surface area contributed by atoms with Crippen LogP contribution in [0.3, 0.4) is 0 Å². The molecule has 14 heavy (non-hydrogen) atoms. The summed E-state index contributed by atoms with van der Waals surface area (Å²) in [6.45, 7) is 0.284. The van der Waals surface area contributed by atoms with Crippen molar-refractivity contribution < 1.29 is 24.2 Å². The first-order valence-electron chi connectivity index (χ1n) is 3.98. The van der Waals surface area contributed by atoms with Crippen LogP contribution >= 0.6 is 0 Å². The lowest BCUT2D eigenvalue weighted by atomic mass is 10.2. The molecule has 0 aromatic carbocycles. The minimum atomic E-state index is -1.21. The molecular formula is C8H9NO5. The van der Waals surface area contributed by atoms with Crippen molar-refractivity contribution in [2.75, 3.05) is 6.61 Å². The first-order valence-corrected chi connectivity index (χ1v) is 3.98. The molecule has 0 aromatic rings. The highest BCUT2D eigenvalue weighted by molar-refractivity contribution is 5.96. The van der Waals surface area contributed by atoms with Gasteiger partial charge in [-0.3, -0.25) is 4.79 Å². The summed E-state index contributed by atoms with van der Waals surface area (Å²) in [7, 11) is 0. The fourth-order valence-corrected chi connectivity index (χ4v) is 0.994. The second kappa shape index (κ2) is 4.40. The Morgan fingerprint density at radius 1 is 1.50 bits per heavy atom. The molecule has 1 aliphatic rings. The molecule has 1 heterocycles. The van der Waals surface area contributed by atoms with E-state index in [1.165, 1.54) is 0 Å². The first-order chi connectivity index (χ1) is 6.59. The van der Waals surface area contributed by atoms with E-state index in [1.807, 2.05) is 0 Å². The van der Waals surface area contributed by atoms with Crippen molar-refractivity contribution in [3.8, 4) is 0 Å². The number of cyclic esters (lactones) is 1. The highest BCUT2D eigenvalue weighted by Crippen LogP contribution is 2.05. The number of hydrogen-bond acceptors (Lipinski definition) is 4. The van der Waals surface area contributed by atoms with E-state index in [9.17, 15) is 14.4 Å². The molecule has 0 saturated carbocycles. The third-order valence-corrected chi connectivity index (χ3v) is 1.63. The SMILES string of the molecule is O=C(O)/C=C/C(=O)NC1CCOC1=O. The van der Waals surface area contributed by atoms with Gasteiger partial charge in [0.05, 0.1) is 6.61 Å². The molecular weight excluding hydrogens is 190 g/mol. The maximum atomic E-state index is 11.0. The zero-order valence-electron chi connectivity index (χ0n) is 7.23. The quantitative estimate of drug-likeness (QED) is 0.452. The number of rotatable bonds is 3. The van der Waals surface area contributed by atoms with Crippen LogP contribution in [0.25, 0.3) is 0 Å². The topological polar surface area (TPSA) is 92.7 Å². The van der Waals surface area contributed by atoms with Gasteiger partial charge in [-0.15, -0.1) is 0 Å². The van der Waals surface area contributed by atoms with Crippen LogP contribution < -0.4 is 5.32 Å². The second-order valence-corrected chi connectivity index (χ2v) is 2.69. The average Bonchev–Trinajstić information content (AvgIpc) is 2.49. The normalized spacial score (nSPS) is 20.9. The predicted molar refractivity (Wildman–Crippen MR) is 44.3 cm³/mol. The lowest BCUT2D eigenvalue weighted by Gasteiger charge is -2.04. The molecule has 0 aliphatic carbocycles. The Morgan fingerprint density at radius 2 is 2.21 bits per heavy atom. The second-order valence-electron chi connectivity index (χ2n) is 2.69. The molecule has 6 nitrogen and oxygen atoms in total. The molecule has 0 aromatic heterocycles. The van der Waals surface area contributed by atoms with Crippen LogP contribution in [-0.4, -0.2) is 35.6 Å². The van der Waals surface area contributed by atoms with E-state index >= 15 is 0 Å². The molecule has 1 saturated heterocycles. The molecule has 2 N–H and O–H groups in total. The first kappa shape index (κ1) is 10.2. The largest absolute Gasteiger partial charge is 0.478 e. The van der Waals surface area contributed by atoms with Crippen LogP contribution in [0.2, 0.25) is 0 Å². The summed E-state index contributed by atoms with van der Waals surface area (Å²) in [5.41, 5.74) is 0. The molecule has 0 spiro atoms. The van der Waals surface area contributed by atoms with Gasteiger partial charge in [0.2, 0.25) is 5.91 Å². The van der Waals surface area contributed by atoms with Gasteiger partial charge in [0.25, 0.3) is 0 Å². The molecule has 1 unspecified atom stereocenters. The lowest BCUT2D eigenvalue weighted by Crippen LogP contribution is -2.36. The zero-order chi connectivity index (χ0) is 10.6. The maximum Gasteiger partial charge on any atom is 0.328 e. The summed E-state index contributed by atoms with van der Waals surface area (Å²) in [6.07, 6.45) is 1.98. The standard InChI is InChI=1S/C8H9NO5/c10-6(1-2-7(11)12)9-5-3-4-14-8(5)13/h1-2,5H,3-4H2,(H,9,10)(H,11,12)/b2-1+. The Kier molecular flexibility index (Phi) is 3.22. The van der Waals surface area contributed by atoms with Gasteiger partial charge in [-0.05, 0) is 0 Å². The summed E-state index contributed by atoms with van der Waals surface area (Å²) in [6, 6.07) is -0.652. The van der Waals surface area contributed by atoms with E-state index in [0.717, 1.165) is 6.08 Å². The van der Waals surface area contributed by atoms with Crippen LogP contribution in [0.1, 0.15) is 6.42 Å². The van der Waals surface area contributed by atoms with E-state index in [2.05, 4.69) is 10.1 Å². The molecule has 1 atom stereocenters. The summed E-state index contributed by atoms with van der Waals surface area (Å²) >= 11 is 0. The number of aliphatic carboxylic acids is 1. The number of carbonyl (C=O) groups is 3. The summed E-state index contributed by atoms with van der Waals surface area (Å²) in [4.78, 5) is 31.9. The Bertz CT molecular complexity index is 296. The van der Waals surface area contributed by atoms with Gasteiger partial charge >= 0.3 is 11.9 Å². The smallest absolute Gasteiger partial charge is 0.328 e. The van der Waals surface area contributed by atoms with Crippen LogP contribution in [0.5, 0.6) is 0 Å². The van der Waals surface area contributed by atoms with Gasteiger partial charge in [0, 0.05) is 18.6 Å². The molecule has 1 amide bonds. The Hall–Kier alpha value is -1.85. The number of carbonyl (C=O) groups excluding carboxylic acids is 2. The average molecular weight is 199 g/mol. The maximum absolute atomic E-state index is 11.0. The summed E-state index contributed by atoms with van der Waals surface area (Å²) in [5, 5.41) is 10.5. The number of carboxylic acids is 1. The third-order valence-electron chi connectivity index (χ3n) is 1.63. The fraction of sp³-hybridized carbons (Fsp3) is 0.375. The van der Waals surface area contributed by atoms with Crippen LogP contribution in [0.15, 0.2) is 12.2 Å². The zero-order valence-corrected chi connectivity index (χ0v) is 7.23. The van der Waals surface area contributed by atoms with Crippen molar-refractivity contribution in [1.82, 2.24) is 5.32 Å². The van der Waals surface area contributed by atoms with Crippen LogP contribution in [-0.2, 0) is 19.1 Å². The molecule has 0 bridgehead atoms. The highest BCUT2D eigenvalue weighted by Gasteiger charge is 2.27. The van der Waals surface area contributed by atoms with Crippen molar-refractivity contribution in [1.29, 1.82) is 0 Å². The van der Waals surface area contributed by atoms with Crippen molar-refractivity contribution in [2.24, 2.45) is 0 Å². The number of amides is 1. The lowest BCUT2D eigenvalue weighted by molar-refractivity contribution is -0.140. The van der Waals surface area contributed by atoms with E-state index in [0.29, 0.717) is 12.5 Å². The Labute approximate surface area is 79.5 Å². The number of hydrogen-bond donors (Lipinski definition) is 2. The van der Waals surface area contributed by atoms with Crippen molar-refractivity contribution >= 4 is 17.8 Å². The minimum absolute atomic E-state index is 0.284. The monoisotopic (exact) mass is 199 g/mol.